The van der Waals surface area contributed by atoms with Crippen LogP contribution in [0.5, 0.6) is 17.6 Å². The molecule has 1 aliphatic rings. The molecule has 0 saturated carbocycles. The fourth-order valence-electron chi connectivity index (χ4n) is 3.25. The van der Waals surface area contributed by atoms with Crippen LogP contribution in [0.15, 0.2) is 49.2 Å². The highest BCUT2D eigenvalue weighted by atomic mass is 16.5. The van der Waals surface area contributed by atoms with Gasteiger partial charge in [-0.1, -0.05) is 0 Å². The highest BCUT2D eigenvalue weighted by molar-refractivity contribution is 5.92. The summed E-state index contributed by atoms with van der Waals surface area (Å²) in [6, 6.07) is 7.69. The van der Waals surface area contributed by atoms with Gasteiger partial charge in [0, 0.05) is 18.8 Å². The lowest BCUT2D eigenvalue weighted by Crippen LogP contribution is -2.47. The molecule has 172 valence electrons. The van der Waals surface area contributed by atoms with Crippen LogP contribution < -0.4 is 14.2 Å². The summed E-state index contributed by atoms with van der Waals surface area (Å²) in [5.74, 6) is 0.893. The van der Waals surface area contributed by atoms with Crippen LogP contribution in [0.4, 0.5) is 0 Å². The molecule has 11 nitrogen and oxygen atoms in total. The van der Waals surface area contributed by atoms with Crippen LogP contribution >= 0.6 is 0 Å². The normalized spacial score (nSPS) is 16.1. The summed E-state index contributed by atoms with van der Waals surface area (Å²) in [5.41, 5.74) is 1.46. The van der Waals surface area contributed by atoms with Crippen LogP contribution in [0.1, 0.15) is 5.56 Å². The minimum Gasteiger partial charge on any atom is -0.491 e. The zero-order chi connectivity index (χ0) is 23.0. The van der Waals surface area contributed by atoms with E-state index >= 15 is 0 Å². The van der Waals surface area contributed by atoms with E-state index in [1.165, 1.54) is 26.6 Å². The van der Waals surface area contributed by atoms with Crippen molar-refractivity contribution in [2.24, 2.45) is 0 Å². The molecule has 1 atom stereocenters. The molecule has 0 radical (unpaired) electrons. The Morgan fingerprint density at radius 1 is 1.24 bits per heavy atom. The van der Waals surface area contributed by atoms with Crippen LogP contribution in [-0.4, -0.2) is 82.2 Å². The summed E-state index contributed by atoms with van der Waals surface area (Å²) in [4.78, 5) is 26.5. The number of nitrogens with zero attached hydrogens (tertiary/aromatic N) is 6. The van der Waals surface area contributed by atoms with E-state index in [0.717, 1.165) is 5.69 Å². The summed E-state index contributed by atoms with van der Waals surface area (Å²) in [6.07, 6.45) is 7.51. The lowest BCUT2D eigenvalue weighted by atomic mass is 10.2. The maximum Gasteiger partial charge on any atom is 0.319 e. The molecule has 1 saturated heterocycles. The fourth-order valence-corrected chi connectivity index (χ4v) is 3.25. The summed E-state index contributed by atoms with van der Waals surface area (Å²) < 4.78 is 23.5. The lowest BCUT2D eigenvalue weighted by Gasteiger charge is -2.32. The molecule has 33 heavy (non-hydrogen) atoms. The molecule has 1 aromatic carbocycles. The fraction of sp³-hybridized carbons (Fsp3) is 0.318. The highest BCUT2D eigenvalue weighted by Crippen LogP contribution is 2.19. The van der Waals surface area contributed by atoms with Gasteiger partial charge in [0.1, 0.15) is 31.1 Å². The Kier molecular flexibility index (Phi) is 7.10. The molecule has 2 aromatic heterocycles. The maximum absolute atomic E-state index is 12.7. The van der Waals surface area contributed by atoms with Crippen molar-refractivity contribution in [2.45, 2.75) is 6.10 Å². The Labute approximate surface area is 190 Å². The average molecular weight is 452 g/mol. The molecule has 1 fully saturated rings. The van der Waals surface area contributed by atoms with Crippen molar-refractivity contribution in [1.29, 1.82) is 0 Å². The molecule has 4 rings (SSSR count). The van der Waals surface area contributed by atoms with Gasteiger partial charge in [-0.2, -0.15) is 10.1 Å². The number of ether oxygens (including phenoxy) is 4. The molecule has 11 heteroatoms. The number of amides is 1. The van der Waals surface area contributed by atoms with Crippen LogP contribution in [-0.2, 0) is 9.53 Å². The summed E-state index contributed by atoms with van der Waals surface area (Å²) in [6.45, 7) is 1.70. The van der Waals surface area contributed by atoms with Crippen LogP contribution in [0.25, 0.3) is 11.8 Å². The maximum atomic E-state index is 12.7. The van der Waals surface area contributed by atoms with Gasteiger partial charge in [-0.3, -0.25) is 4.79 Å². The number of hydrogen-bond acceptors (Lipinski definition) is 9. The van der Waals surface area contributed by atoms with E-state index in [-0.39, 0.29) is 18.0 Å². The summed E-state index contributed by atoms with van der Waals surface area (Å²) in [7, 11) is 2.97. The van der Waals surface area contributed by atoms with Crippen molar-refractivity contribution >= 4 is 12.0 Å². The van der Waals surface area contributed by atoms with Crippen molar-refractivity contribution in [3.8, 4) is 23.3 Å². The number of benzene rings is 1. The Bertz CT molecular complexity index is 1090. The van der Waals surface area contributed by atoms with E-state index in [4.69, 9.17) is 18.9 Å². The van der Waals surface area contributed by atoms with Crippen molar-refractivity contribution in [3.63, 3.8) is 0 Å². The zero-order valence-corrected chi connectivity index (χ0v) is 18.3. The molecular weight excluding hydrogens is 428 g/mol. The second-order valence-electron chi connectivity index (χ2n) is 7.08. The summed E-state index contributed by atoms with van der Waals surface area (Å²) >= 11 is 0. The van der Waals surface area contributed by atoms with Gasteiger partial charge >= 0.3 is 6.01 Å². The SMILES string of the molecule is COc1ncc(/C=C/C(=O)N2CCOC(COc3ccc(-n4cncn4)cc3)C2)c(OC)n1. The first-order valence-corrected chi connectivity index (χ1v) is 10.3. The first kappa shape index (κ1) is 22.2. The highest BCUT2D eigenvalue weighted by Gasteiger charge is 2.23. The van der Waals surface area contributed by atoms with Gasteiger partial charge in [-0.05, 0) is 30.3 Å². The van der Waals surface area contributed by atoms with Gasteiger partial charge in [0.15, 0.2) is 0 Å². The number of rotatable bonds is 8. The van der Waals surface area contributed by atoms with Crippen LogP contribution in [0, 0.1) is 0 Å². The zero-order valence-electron chi connectivity index (χ0n) is 18.3. The molecule has 0 spiro atoms. The number of carbonyl (C=O) groups excluding carboxylic acids is 1. The molecule has 1 amide bonds. The Balaban J connectivity index is 1.31. The minimum absolute atomic E-state index is 0.140. The largest absolute Gasteiger partial charge is 0.491 e. The first-order valence-electron chi connectivity index (χ1n) is 10.3. The number of carbonyl (C=O) groups is 1. The van der Waals surface area contributed by atoms with Crippen LogP contribution in [0.2, 0.25) is 0 Å². The third kappa shape index (κ3) is 5.63. The number of hydrogen-bond donors (Lipinski definition) is 0. The third-order valence-electron chi connectivity index (χ3n) is 4.95. The second-order valence-corrected chi connectivity index (χ2v) is 7.08. The smallest absolute Gasteiger partial charge is 0.319 e. The Morgan fingerprint density at radius 2 is 2.09 bits per heavy atom. The van der Waals surface area contributed by atoms with E-state index < -0.39 is 0 Å². The second kappa shape index (κ2) is 10.6. The van der Waals surface area contributed by atoms with Crippen LogP contribution in [0.3, 0.4) is 0 Å². The van der Waals surface area contributed by atoms with E-state index in [0.29, 0.717) is 43.5 Å². The van der Waals surface area contributed by atoms with E-state index in [1.54, 1.807) is 28.2 Å². The van der Waals surface area contributed by atoms with Gasteiger partial charge in [0.2, 0.25) is 11.8 Å². The predicted octanol–water partition coefficient (Wildman–Crippen LogP) is 1.39. The lowest BCUT2D eigenvalue weighted by molar-refractivity contribution is -0.134. The molecule has 0 N–H and O–H groups in total. The minimum atomic E-state index is -0.232. The molecular formula is C22H24N6O5. The van der Waals surface area contributed by atoms with Crippen molar-refractivity contribution < 1.29 is 23.7 Å². The molecule has 3 heterocycles. The van der Waals surface area contributed by atoms with Gasteiger partial charge < -0.3 is 23.8 Å². The molecule has 3 aromatic rings. The molecule has 1 unspecified atom stereocenters. The number of morpholine rings is 1. The Hall–Kier alpha value is -3.99. The molecule has 0 aliphatic carbocycles. The third-order valence-corrected chi connectivity index (χ3v) is 4.95. The van der Waals surface area contributed by atoms with E-state index in [1.807, 2.05) is 24.3 Å². The average Bonchev–Trinajstić information content (AvgIpc) is 3.41. The van der Waals surface area contributed by atoms with Gasteiger partial charge in [-0.25, -0.2) is 14.6 Å². The van der Waals surface area contributed by atoms with Gasteiger partial charge in [0.05, 0.1) is 38.6 Å². The molecule has 0 bridgehead atoms. The first-order chi connectivity index (χ1) is 16.2. The van der Waals surface area contributed by atoms with E-state index in [2.05, 4.69) is 20.1 Å². The van der Waals surface area contributed by atoms with Crippen molar-refractivity contribution in [1.82, 2.24) is 29.6 Å². The van der Waals surface area contributed by atoms with Gasteiger partial charge in [0.25, 0.3) is 0 Å². The Morgan fingerprint density at radius 3 is 2.82 bits per heavy atom. The quantitative estimate of drug-likeness (QED) is 0.468. The van der Waals surface area contributed by atoms with Gasteiger partial charge in [-0.15, -0.1) is 0 Å². The van der Waals surface area contributed by atoms with E-state index in [9.17, 15) is 4.79 Å². The van der Waals surface area contributed by atoms with Crippen molar-refractivity contribution in [2.75, 3.05) is 40.5 Å². The predicted molar refractivity (Wildman–Crippen MR) is 117 cm³/mol. The molecule has 1 aliphatic heterocycles. The standard InChI is InChI=1S/C22H24N6O5/c1-30-21-16(11-24-22(26-21)31-2)3-8-20(29)27-9-10-32-19(12-27)13-33-18-6-4-17(5-7-18)28-15-23-14-25-28/h3-8,11,14-15,19H,9-10,12-13H2,1-2H3/b8-3+. The monoisotopic (exact) mass is 452 g/mol. The number of aromatic nitrogens is 5. The number of methoxy groups -OCH3 is 2. The van der Waals surface area contributed by atoms with Crippen molar-refractivity contribution in [3.05, 3.63) is 54.8 Å². The summed E-state index contributed by atoms with van der Waals surface area (Å²) in [5, 5.41) is 4.09. The topological polar surface area (TPSA) is 114 Å².